The number of allylic oxidation sites excluding steroid dienone is 1. The molecule has 0 aromatic heterocycles. The minimum Gasteiger partial charge on any atom is -0.488 e. The molecular formula is C24H18Cl2O3. The number of Topliss-reactive ketones (excluding diaryl/α,β-unsaturated/α-hetero) is 1. The Morgan fingerprint density at radius 2 is 1.86 bits per heavy atom. The molecule has 3 nitrogen and oxygen atoms in total. The number of ether oxygens (including phenoxy) is 2. The highest BCUT2D eigenvalue weighted by molar-refractivity contribution is 6.35. The molecule has 5 heteroatoms. The maximum atomic E-state index is 12.7. The van der Waals surface area contributed by atoms with E-state index in [1.165, 1.54) is 0 Å². The molecule has 0 radical (unpaired) electrons. The number of fused-ring (bicyclic) bond motifs is 1. The molecule has 4 rings (SSSR count). The third-order valence-corrected chi connectivity index (χ3v) is 5.36. The molecule has 1 aliphatic heterocycles. The molecule has 29 heavy (non-hydrogen) atoms. The molecule has 0 atom stereocenters. The van der Waals surface area contributed by atoms with Crippen LogP contribution in [0.5, 0.6) is 11.5 Å². The Bertz CT molecular complexity index is 1150. The van der Waals surface area contributed by atoms with Crippen LogP contribution < -0.4 is 9.47 Å². The normalized spacial score (nSPS) is 14.1. The summed E-state index contributed by atoms with van der Waals surface area (Å²) in [4.78, 5) is 12.7. The van der Waals surface area contributed by atoms with Gasteiger partial charge in [0.2, 0.25) is 5.78 Å². The maximum Gasteiger partial charge on any atom is 0.231 e. The van der Waals surface area contributed by atoms with Crippen molar-refractivity contribution in [2.75, 3.05) is 0 Å². The third kappa shape index (κ3) is 4.02. The highest BCUT2D eigenvalue weighted by Gasteiger charge is 2.30. The summed E-state index contributed by atoms with van der Waals surface area (Å²) in [5.74, 6) is 1.36. The minimum absolute atomic E-state index is 0.128. The molecule has 0 spiro atoms. The fraction of sp³-hybridized carbons (Fsp3) is 0.125. The van der Waals surface area contributed by atoms with Crippen molar-refractivity contribution in [3.8, 4) is 11.5 Å². The van der Waals surface area contributed by atoms with Gasteiger partial charge in [-0.2, -0.15) is 0 Å². The van der Waals surface area contributed by atoms with Gasteiger partial charge in [-0.05, 0) is 49.8 Å². The first kappa shape index (κ1) is 19.6. The van der Waals surface area contributed by atoms with Crippen LogP contribution in [0.1, 0.15) is 32.6 Å². The number of hydrogen-bond donors (Lipinski definition) is 0. The van der Waals surface area contributed by atoms with E-state index >= 15 is 0 Å². The summed E-state index contributed by atoms with van der Waals surface area (Å²) >= 11 is 12.2. The van der Waals surface area contributed by atoms with Crippen LogP contribution >= 0.6 is 23.2 Å². The first-order chi connectivity index (χ1) is 13.9. The van der Waals surface area contributed by atoms with Gasteiger partial charge in [0.1, 0.15) is 18.1 Å². The van der Waals surface area contributed by atoms with Crippen molar-refractivity contribution >= 4 is 35.1 Å². The van der Waals surface area contributed by atoms with E-state index in [1.807, 2.05) is 44.2 Å². The molecule has 0 aliphatic carbocycles. The van der Waals surface area contributed by atoms with Crippen LogP contribution in [0.15, 0.2) is 60.4 Å². The topological polar surface area (TPSA) is 35.5 Å². The number of hydrogen-bond acceptors (Lipinski definition) is 3. The molecule has 0 N–H and O–H groups in total. The van der Waals surface area contributed by atoms with Gasteiger partial charge in [-0.1, -0.05) is 59.1 Å². The third-order valence-electron chi connectivity index (χ3n) is 4.77. The van der Waals surface area contributed by atoms with Crippen molar-refractivity contribution in [1.82, 2.24) is 0 Å². The summed E-state index contributed by atoms with van der Waals surface area (Å²) < 4.78 is 11.8. The zero-order chi connectivity index (χ0) is 20.5. The second-order valence-corrected chi connectivity index (χ2v) is 7.79. The summed E-state index contributed by atoms with van der Waals surface area (Å²) in [5, 5.41) is 1.12. The molecule has 1 heterocycles. The average Bonchev–Trinajstić information content (AvgIpc) is 2.99. The lowest BCUT2D eigenvalue weighted by molar-refractivity contribution is 0.101. The highest BCUT2D eigenvalue weighted by atomic mass is 35.5. The van der Waals surface area contributed by atoms with Crippen LogP contribution in [-0.2, 0) is 6.61 Å². The lowest BCUT2D eigenvalue weighted by Gasteiger charge is -2.12. The smallest absolute Gasteiger partial charge is 0.231 e. The van der Waals surface area contributed by atoms with Gasteiger partial charge in [-0.25, -0.2) is 0 Å². The van der Waals surface area contributed by atoms with E-state index in [4.69, 9.17) is 32.7 Å². The molecule has 146 valence electrons. The molecule has 0 fully saturated rings. The van der Waals surface area contributed by atoms with E-state index in [1.54, 1.807) is 30.3 Å². The fourth-order valence-electron chi connectivity index (χ4n) is 3.23. The summed E-state index contributed by atoms with van der Waals surface area (Å²) in [5.41, 5.74) is 4.18. The first-order valence-electron chi connectivity index (χ1n) is 9.13. The highest BCUT2D eigenvalue weighted by Crippen LogP contribution is 2.39. The Balaban J connectivity index is 1.58. The lowest BCUT2D eigenvalue weighted by Crippen LogP contribution is -1.99. The van der Waals surface area contributed by atoms with Gasteiger partial charge in [-0.3, -0.25) is 4.79 Å². The molecule has 3 aromatic carbocycles. The van der Waals surface area contributed by atoms with Crippen molar-refractivity contribution in [2.24, 2.45) is 0 Å². The van der Waals surface area contributed by atoms with E-state index in [2.05, 4.69) is 0 Å². The predicted molar refractivity (Wildman–Crippen MR) is 116 cm³/mol. The first-order valence-corrected chi connectivity index (χ1v) is 9.89. The van der Waals surface area contributed by atoms with Gasteiger partial charge in [0, 0.05) is 21.2 Å². The Labute approximate surface area is 179 Å². The molecule has 0 saturated carbocycles. The number of benzene rings is 3. The van der Waals surface area contributed by atoms with Crippen LogP contribution in [0.2, 0.25) is 10.0 Å². The standard InChI is InChI=1S/C24H18Cl2O3/c1-14-4-3-5-16(10-14)11-22-23(27)19-8-9-21(15(2)24(19)29-22)28-13-17-6-7-18(25)12-20(17)26/h3-12H,13H2,1-2H3/b22-11-. The van der Waals surface area contributed by atoms with Crippen molar-refractivity contribution in [1.29, 1.82) is 0 Å². The largest absolute Gasteiger partial charge is 0.488 e. The second-order valence-electron chi connectivity index (χ2n) is 6.94. The van der Waals surface area contributed by atoms with Crippen molar-refractivity contribution in [2.45, 2.75) is 20.5 Å². The quantitative estimate of drug-likeness (QED) is 0.431. The van der Waals surface area contributed by atoms with Crippen LogP contribution in [0.25, 0.3) is 6.08 Å². The fourth-order valence-corrected chi connectivity index (χ4v) is 3.69. The summed E-state index contributed by atoms with van der Waals surface area (Å²) in [6.07, 6.45) is 1.77. The van der Waals surface area contributed by atoms with E-state index in [0.717, 1.165) is 22.3 Å². The van der Waals surface area contributed by atoms with Gasteiger partial charge in [0.15, 0.2) is 5.76 Å². The molecule has 1 aliphatic rings. The Kier molecular flexibility index (Phi) is 5.35. The zero-order valence-corrected chi connectivity index (χ0v) is 17.5. The van der Waals surface area contributed by atoms with Crippen molar-refractivity contribution < 1.29 is 14.3 Å². The molecule has 0 amide bonds. The van der Waals surface area contributed by atoms with E-state index in [0.29, 0.717) is 32.9 Å². The Hall–Kier alpha value is -2.75. The van der Waals surface area contributed by atoms with Gasteiger partial charge in [-0.15, -0.1) is 0 Å². The Morgan fingerprint density at radius 3 is 2.62 bits per heavy atom. The number of ketones is 1. The van der Waals surface area contributed by atoms with Crippen molar-refractivity contribution in [3.63, 3.8) is 0 Å². The van der Waals surface area contributed by atoms with Gasteiger partial charge in [0.05, 0.1) is 5.56 Å². The number of carbonyl (C=O) groups is 1. The SMILES string of the molecule is Cc1cccc(/C=C2\Oc3c(ccc(OCc4ccc(Cl)cc4Cl)c3C)C2=O)c1. The number of aryl methyl sites for hydroxylation is 1. The van der Waals surface area contributed by atoms with E-state index < -0.39 is 0 Å². The van der Waals surface area contributed by atoms with Crippen molar-refractivity contribution in [3.05, 3.63) is 98.2 Å². The molecule has 3 aromatic rings. The number of rotatable bonds is 4. The predicted octanol–water partition coefficient (Wildman–Crippen LogP) is 6.81. The maximum absolute atomic E-state index is 12.7. The molecular weight excluding hydrogens is 407 g/mol. The van der Waals surface area contributed by atoms with Crippen LogP contribution in [0.3, 0.4) is 0 Å². The second kappa shape index (κ2) is 7.94. The summed E-state index contributed by atoms with van der Waals surface area (Å²) in [6.45, 7) is 4.17. The summed E-state index contributed by atoms with van der Waals surface area (Å²) in [7, 11) is 0. The minimum atomic E-state index is -0.128. The summed E-state index contributed by atoms with van der Waals surface area (Å²) in [6, 6.07) is 16.7. The van der Waals surface area contributed by atoms with Gasteiger partial charge >= 0.3 is 0 Å². The average molecular weight is 425 g/mol. The van der Waals surface area contributed by atoms with Crippen LogP contribution in [0, 0.1) is 13.8 Å². The van der Waals surface area contributed by atoms with E-state index in [-0.39, 0.29) is 12.4 Å². The number of halogens is 2. The van der Waals surface area contributed by atoms with E-state index in [9.17, 15) is 4.79 Å². The number of carbonyl (C=O) groups excluding carboxylic acids is 1. The zero-order valence-electron chi connectivity index (χ0n) is 16.0. The molecule has 0 bridgehead atoms. The molecule has 0 saturated heterocycles. The monoisotopic (exact) mass is 424 g/mol. The van der Waals surface area contributed by atoms with Gasteiger partial charge < -0.3 is 9.47 Å². The van der Waals surface area contributed by atoms with Crippen LogP contribution in [-0.4, -0.2) is 5.78 Å². The lowest BCUT2D eigenvalue weighted by atomic mass is 10.1. The molecule has 0 unspecified atom stereocenters. The Morgan fingerprint density at radius 1 is 1.03 bits per heavy atom. The van der Waals surface area contributed by atoms with Gasteiger partial charge in [0.25, 0.3) is 0 Å². The van der Waals surface area contributed by atoms with Crippen LogP contribution in [0.4, 0.5) is 0 Å².